The first-order chi connectivity index (χ1) is 16.0. The molecule has 0 saturated carbocycles. The number of hydrogen-bond donors (Lipinski definition) is 8. The van der Waals surface area contributed by atoms with Gasteiger partial charge in [0.25, 0.3) is 0 Å². The van der Waals surface area contributed by atoms with E-state index in [1.54, 1.807) is 0 Å². The minimum Gasteiger partial charge on any atom is -0.504 e. The molecule has 2 aliphatic rings. The summed E-state index contributed by atoms with van der Waals surface area (Å²) in [5.41, 5.74) is 0.353. The van der Waals surface area contributed by atoms with Crippen LogP contribution in [-0.4, -0.2) is 115 Å². The van der Waals surface area contributed by atoms with E-state index in [-0.39, 0.29) is 5.75 Å². The third kappa shape index (κ3) is 5.83. The molecule has 0 aliphatic carbocycles. The lowest BCUT2D eigenvalue weighted by Crippen LogP contribution is -2.61. The summed E-state index contributed by atoms with van der Waals surface area (Å²) < 4.78 is 21.0. The van der Waals surface area contributed by atoms with Gasteiger partial charge in [-0.15, -0.1) is 0 Å². The number of esters is 1. The third-order valence-electron chi connectivity index (χ3n) is 5.55. The Bertz CT molecular complexity index is 876. The Kier molecular flexibility index (Phi) is 8.46. The zero-order valence-electron chi connectivity index (χ0n) is 18.0. The molecule has 0 amide bonds. The lowest BCUT2D eigenvalue weighted by atomic mass is 9.98. The Morgan fingerprint density at radius 3 is 2.21 bits per heavy atom. The van der Waals surface area contributed by atoms with Gasteiger partial charge in [-0.1, -0.05) is 6.07 Å². The van der Waals surface area contributed by atoms with Crippen LogP contribution in [0.5, 0.6) is 11.5 Å². The Labute approximate surface area is 193 Å². The van der Waals surface area contributed by atoms with Gasteiger partial charge in [0, 0.05) is 6.08 Å². The van der Waals surface area contributed by atoms with E-state index >= 15 is 0 Å². The van der Waals surface area contributed by atoms with E-state index in [9.17, 15) is 45.6 Å². The summed E-state index contributed by atoms with van der Waals surface area (Å²) >= 11 is 0. The van der Waals surface area contributed by atoms with Gasteiger partial charge in [0.2, 0.25) is 6.29 Å². The minimum atomic E-state index is -1.80. The number of rotatable bonds is 6. The Balaban J connectivity index is 1.60. The van der Waals surface area contributed by atoms with E-state index < -0.39 is 79.7 Å². The predicted octanol–water partition coefficient (Wildman–Crippen LogP) is -2.69. The fourth-order valence-electron chi connectivity index (χ4n) is 3.45. The molecule has 0 spiro atoms. The fourth-order valence-corrected chi connectivity index (χ4v) is 3.45. The van der Waals surface area contributed by atoms with Crippen LogP contribution in [0.15, 0.2) is 24.3 Å². The molecule has 190 valence electrons. The number of phenols is 2. The van der Waals surface area contributed by atoms with Crippen LogP contribution in [0.25, 0.3) is 6.08 Å². The molecule has 0 radical (unpaired) electrons. The van der Waals surface area contributed by atoms with Crippen molar-refractivity contribution in [1.82, 2.24) is 0 Å². The van der Waals surface area contributed by atoms with Gasteiger partial charge >= 0.3 is 5.97 Å². The number of hydrogen-bond acceptors (Lipinski definition) is 13. The molecule has 2 heterocycles. The number of aliphatic hydroxyl groups excluding tert-OH is 6. The number of aromatic hydroxyl groups is 2. The van der Waals surface area contributed by atoms with E-state index in [0.29, 0.717) is 5.56 Å². The molecule has 13 heteroatoms. The number of ether oxygens (including phenoxy) is 4. The second-order valence-electron chi connectivity index (χ2n) is 8.05. The van der Waals surface area contributed by atoms with Crippen LogP contribution in [0.3, 0.4) is 0 Å². The zero-order chi connectivity index (χ0) is 25.2. The normalized spacial score (nSPS) is 38.7. The number of carbonyl (C=O) groups is 1. The lowest BCUT2D eigenvalue weighted by Gasteiger charge is -2.42. The van der Waals surface area contributed by atoms with Crippen molar-refractivity contribution >= 4 is 12.0 Å². The lowest BCUT2D eigenvalue weighted by molar-refractivity contribution is -0.323. The van der Waals surface area contributed by atoms with Crippen molar-refractivity contribution in [2.75, 3.05) is 6.61 Å². The summed E-state index contributed by atoms with van der Waals surface area (Å²) in [6, 6.07) is 3.82. The molecule has 8 N–H and O–H groups in total. The van der Waals surface area contributed by atoms with Gasteiger partial charge in [-0.25, -0.2) is 4.79 Å². The topological polar surface area (TPSA) is 216 Å². The molecule has 1 aromatic carbocycles. The third-order valence-corrected chi connectivity index (χ3v) is 5.55. The van der Waals surface area contributed by atoms with Crippen molar-refractivity contribution in [3.8, 4) is 11.5 Å². The highest BCUT2D eigenvalue weighted by Crippen LogP contribution is 2.27. The second kappa shape index (κ2) is 10.9. The number of benzene rings is 1. The largest absolute Gasteiger partial charge is 0.504 e. The van der Waals surface area contributed by atoms with Crippen LogP contribution in [0.4, 0.5) is 0 Å². The standard InChI is InChI=1S/C21H28O13/c1-8-14(25)16(27)18(29)20(32-8)31-7-12-15(26)17(28)19(30)21(33-12)34-13(24)5-3-9-2-4-10(22)11(23)6-9/h2-6,8,12,14-23,25-30H,7H2,1H3. The average molecular weight is 488 g/mol. The number of phenolic OH excluding ortho intramolecular Hbond substituents is 2. The second-order valence-corrected chi connectivity index (χ2v) is 8.05. The first-order valence-electron chi connectivity index (χ1n) is 10.4. The summed E-state index contributed by atoms with van der Waals surface area (Å²) in [6.07, 6.45) is -12.8. The highest BCUT2D eigenvalue weighted by Gasteiger charge is 2.47. The van der Waals surface area contributed by atoms with Crippen molar-refractivity contribution in [3.05, 3.63) is 29.8 Å². The van der Waals surface area contributed by atoms with Gasteiger partial charge in [0.15, 0.2) is 17.8 Å². The Morgan fingerprint density at radius 2 is 1.53 bits per heavy atom. The Hall–Kier alpha value is -2.33. The van der Waals surface area contributed by atoms with Crippen molar-refractivity contribution in [2.45, 2.75) is 68.3 Å². The highest BCUT2D eigenvalue weighted by molar-refractivity contribution is 5.87. The van der Waals surface area contributed by atoms with Crippen LogP contribution < -0.4 is 0 Å². The molecule has 2 fully saturated rings. The fraction of sp³-hybridized carbons (Fsp3) is 0.571. The van der Waals surface area contributed by atoms with Gasteiger partial charge in [-0.3, -0.25) is 0 Å². The molecule has 0 bridgehead atoms. The van der Waals surface area contributed by atoms with Crippen molar-refractivity contribution in [2.24, 2.45) is 0 Å². The zero-order valence-corrected chi connectivity index (χ0v) is 18.0. The summed E-state index contributed by atoms with van der Waals surface area (Å²) in [7, 11) is 0. The molecule has 3 rings (SSSR count). The maximum absolute atomic E-state index is 12.1. The summed E-state index contributed by atoms with van der Waals surface area (Å²) in [6.45, 7) is 0.948. The molecular formula is C21H28O13. The maximum atomic E-state index is 12.1. The molecule has 34 heavy (non-hydrogen) atoms. The minimum absolute atomic E-state index is 0.342. The van der Waals surface area contributed by atoms with Crippen LogP contribution in [0.1, 0.15) is 12.5 Å². The first-order valence-corrected chi connectivity index (χ1v) is 10.4. The van der Waals surface area contributed by atoms with E-state index in [1.165, 1.54) is 31.2 Å². The van der Waals surface area contributed by atoms with Crippen LogP contribution >= 0.6 is 0 Å². The average Bonchev–Trinajstić information content (AvgIpc) is 2.81. The molecular weight excluding hydrogens is 460 g/mol. The van der Waals surface area contributed by atoms with Gasteiger partial charge in [0.1, 0.15) is 42.7 Å². The molecule has 2 aliphatic heterocycles. The van der Waals surface area contributed by atoms with Gasteiger partial charge in [-0.2, -0.15) is 0 Å². The number of carbonyl (C=O) groups excluding carboxylic acids is 1. The molecule has 0 aromatic heterocycles. The van der Waals surface area contributed by atoms with Crippen molar-refractivity contribution in [1.29, 1.82) is 0 Å². The van der Waals surface area contributed by atoms with Crippen molar-refractivity contribution < 1.29 is 64.6 Å². The van der Waals surface area contributed by atoms with E-state index in [1.807, 2.05) is 0 Å². The monoisotopic (exact) mass is 488 g/mol. The first kappa shape index (κ1) is 26.3. The van der Waals surface area contributed by atoms with E-state index in [4.69, 9.17) is 18.9 Å². The number of aliphatic hydroxyl groups is 6. The summed E-state index contributed by atoms with van der Waals surface area (Å²) in [4.78, 5) is 12.1. The SMILES string of the molecule is CC1OC(OCC2OC(OC(=O)C=Cc3ccc(O)c(O)c3)C(O)C(O)C2O)C(O)C(O)C1O. The van der Waals surface area contributed by atoms with Gasteiger partial charge in [-0.05, 0) is 30.7 Å². The van der Waals surface area contributed by atoms with Gasteiger partial charge in [0.05, 0.1) is 12.7 Å². The Morgan fingerprint density at radius 1 is 0.882 bits per heavy atom. The smallest absolute Gasteiger partial charge is 0.333 e. The van der Waals surface area contributed by atoms with Crippen LogP contribution in [-0.2, 0) is 23.7 Å². The quantitative estimate of drug-likeness (QED) is 0.116. The highest BCUT2D eigenvalue weighted by atomic mass is 16.7. The maximum Gasteiger partial charge on any atom is 0.333 e. The van der Waals surface area contributed by atoms with Crippen molar-refractivity contribution in [3.63, 3.8) is 0 Å². The molecule has 10 atom stereocenters. The van der Waals surface area contributed by atoms with Crippen LogP contribution in [0.2, 0.25) is 0 Å². The van der Waals surface area contributed by atoms with E-state index in [2.05, 4.69) is 0 Å². The summed E-state index contributed by atoms with van der Waals surface area (Å²) in [5, 5.41) is 78.8. The molecule has 10 unspecified atom stereocenters. The summed E-state index contributed by atoms with van der Waals surface area (Å²) in [5.74, 6) is -1.73. The van der Waals surface area contributed by atoms with E-state index in [0.717, 1.165) is 6.08 Å². The molecule has 2 saturated heterocycles. The molecule has 13 nitrogen and oxygen atoms in total. The van der Waals surface area contributed by atoms with Crippen LogP contribution in [0, 0.1) is 0 Å². The predicted molar refractivity (Wildman–Crippen MR) is 110 cm³/mol. The molecule has 1 aromatic rings. The van der Waals surface area contributed by atoms with Gasteiger partial charge < -0.3 is 59.8 Å².